The van der Waals surface area contributed by atoms with Crippen molar-refractivity contribution in [3.8, 4) is 0 Å². The molecule has 0 aliphatic heterocycles. The van der Waals surface area contributed by atoms with E-state index in [1.54, 1.807) is 18.2 Å². The molecule has 1 fully saturated rings. The number of halogens is 1. The summed E-state index contributed by atoms with van der Waals surface area (Å²) in [6.45, 7) is 1.82. The van der Waals surface area contributed by atoms with Crippen molar-refractivity contribution in [2.24, 2.45) is 5.92 Å². The van der Waals surface area contributed by atoms with Gasteiger partial charge in [-0.3, -0.25) is 4.79 Å². The van der Waals surface area contributed by atoms with Gasteiger partial charge in [-0.25, -0.2) is 4.39 Å². The molecule has 98 valence electrons. The summed E-state index contributed by atoms with van der Waals surface area (Å²) in [7, 11) is 0. The van der Waals surface area contributed by atoms with Crippen LogP contribution in [-0.4, -0.2) is 5.91 Å². The van der Waals surface area contributed by atoms with Crippen molar-refractivity contribution in [1.29, 1.82) is 0 Å². The van der Waals surface area contributed by atoms with Crippen LogP contribution in [0.1, 0.15) is 50.6 Å². The van der Waals surface area contributed by atoms with Gasteiger partial charge < -0.3 is 5.32 Å². The highest BCUT2D eigenvalue weighted by Crippen LogP contribution is 2.27. The predicted molar refractivity (Wildman–Crippen MR) is 69.5 cm³/mol. The van der Waals surface area contributed by atoms with Crippen LogP contribution >= 0.6 is 0 Å². The molecule has 0 saturated heterocycles. The number of benzene rings is 1. The van der Waals surface area contributed by atoms with Crippen LogP contribution in [0.15, 0.2) is 24.3 Å². The first-order chi connectivity index (χ1) is 8.66. The minimum atomic E-state index is -0.264. The molecule has 0 spiro atoms. The van der Waals surface area contributed by atoms with Crippen LogP contribution in [0.5, 0.6) is 0 Å². The van der Waals surface area contributed by atoms with Crippen molar-refractivity contribution < 1.29 is 9.18 Å². The molecule has 0 aromatic heterocycles. The van der Waals surface area contributed by atoms with E-state index in [4.69, 9.17) is 0 Å². The summed E-state index contributed by atoms with van der Waals surface area (Å²) in [5, 5.41) is 2.88. The van der Waals surface area contributed by atoms with Crippen molar-refractivity contribution in [2.75, 3.05) is 0 Å². The lowest BCUT2D eigenvalue weighted by molar-refractivity contribution is -0.122. The van der Waals surface area contributed by atoms with Gasteiger partial charge in [-0.1, -0.05) is 31.0 Å². The molecular formula is C15H20FNO. The maximum absolute atomic E-state index is 13.5. The largest absolute Gasteiger partial charge is 0.349 e. The Morgan fingerprint density at radius 2 is 2.06 bits per heavy atom. The van der Waals surface area contributed by atoms with Crippen LogP contribution in [0.3, 0.4) is 0 Å². The van der Waals surface area contributed by atoms with E-state index < -0.39 is 0 Å². The zero-order valence-electron chi connectivity index (χ0n) is 10.8. The minimum absolute atomic E-state index is 0.0395. The van der Waals surface area contributed by atoms with Gasteiger partial charge in [0.1, 0.15) is 5.82 Å². The molecule has 0 bridgehead atoms. The smallest absolute Gasteiger partial charge is 0.220 e. The highest BCUT2D eigenvalue weighted by molar-refractivity contribution is 5.76. The quantitative estimate of drug-likeness (QED) is 0.868. The van der Waals surface area contributed by atoms with E-state index in [1.807, 2.05) is 6.92 Å². The molecule has 1 N–H and O–H groups in total. The standard InChI is InChI=1S/C15H20FNO/c1-11(13-8-4-5-9-14(13)16)17-15(18)10-12-6-2-3-7-12/h4-5,8-9,11-12H,2-3,6-7,10H2,1H3,(H,17,18)/t11-/m0/s1. The van der Waals surface area contributed by atoms with Crippen LogP contribution in [0.25, 0.3) is 0 Å². The number of nitrogens with one attached hydrogen (secondary N) is 1. The highest BCUT2D eigenvalue weighted by Gasteiger charge is 2.20. The first-order valence-corrected chi connectivity index (χ1v) is 6.70. The summed E-state index contributed by atoms with van der Waals surface area (Å²) < 4.78 is 13.5. The molecule has 0 radical (unpaired) electrons. The molecule has 1 amide bonds. The Kier molecular flexibility index (Phi) is 4.34. The van der Waals surface area contributed by atoms with Crippen LogP contribution < -0.4 is 5.32 Å². The zero-order valence-corrected chi connectivity index (χ0v) is 10.8. The second-order valence-corrected chi connectivity index (χ2v) is 5.17. The van der Waals surface area contributed by atoms with Crippen LogP contribution in [0.4, 0.5) is 4.39 Å². The first kappa shape index (κ1) is 13.1. The fourth-order valence-corrected chi connectivity index (χ4v) is 2.68. The predicted octanol–water partition coefficient (Wildman–Crippen LogP) is 3.58. The molecule has 1 aromatic carbocycles. The number of carbonyl (C=O) groups excluding carboxylic acids is 1. The Morgan fingerprint density at radius 3 is 2.72 bits per heavy atom. The van der Waals surface area contributed by atoms with Gasteiger partial charge in [0, 0.05) is 12.0 Å². The van der Waals surface area contributed by atoms with E-state index in [-0.39, 0.29) is 17.8 Å². The van der Waals surface area contributed by atoms with Crippen molar-refractivity contribution in [3.05, 3.63) is 35.6 Å². The SMILES string of the molecule is C[C@H](NC(=O)CC1CCCC1)c1ccccc1F. The molecule has 3 heteroatoms. The van der Waals surface area contributed by atoms with Crippen molar-refractivity contribution in [2.45, 2.75) is 45.1 Å². The normalized spacial score (nSPS) is 17.7. The van der Waals surface area contributed by atoms with Gasteiger partial charge in [-0.15, -0.1) is 0 Å². The number of amides is 1. The summed E-state index contributed by atoms with van der Waals surface area (Å²) in [5.74, 6) is 0.307. The van der Waals surface area contributed by atoms with E-state index in [2.05, 4.69) is 5.32 Å². The second-order valence-electron chi connectivity index (χ2n) is 5.17. The summed E-state index contributed by atoms with van der Waals surface area (Å²) >= 11 is 0. The monoisotopic (exact) mass is 249 g/mol. The van der Waals surface area contributed by atoms with Gasteiger partial charge >= 0.3 is 0 Å². The van der Waals surface area contributed by atoms with Crippen molar-refractivity contribution >= 4 is 5.91 Å². The molecule has 1 aliphatic carbocycles. The molecular weight excluding hydrogens is 229 g/mol. The fourth-order valence-electron chi connectivity index (χ4n) is 2.68. The highest BCUT2D eigenvalue weighted by atomic mass is 19.1. The van der Waals surface area contributed by atoms with Gasteiger partial charge in [0.25, 0.3) is 0 Å². The fraction of sp³-hybridized carbons (Fsp3) is 0.533. The van der Waals surface area contributed by atoms with Gasteiger partial charge in [0.05, 0.1) is 6.04 Å². The summed E-state index contributed by atoms with van der Waals surface area (Å²) in [6.07, 6.45) is 5.36. The summed E-state index contributed by atoms with van der Waals surface area (Å²) in [6, 6.07) is 6.33. The lowest BCUT2D eigenvalue weighted by atomic mass is 10.0. The number of rotatable bonds is 4. The average Bonchev–Trinajstić information content (AvgIpc) is 2.82. The van der Waals surface area contributed by atoms with Crippen molar-refractivity contribution in [3.63, 3.8) is 0 Å². The lowest BCUT2D eigenvalue weighted by Crippen LogP contribution is -2.28. The van der Waals surface area contributed by atoms with Crippen LogP contribution in [0.2, 0.25) is 0 Å². The second kappa shape index (κ2) is 5.98. The molecule has 1 atom stereocenters. The maximum Gasteiger partial charge on any atom is 0.220 e. The summed E-state index contributed by atoms with van der Waals surface area (Å²) in [4.78, 5) is 11.9. The van der Waals surface area contributed by atoms with Gasteiger partial charge in [-0.05, 0) is 31.7 Å². The van der Waals surface area contributed by atoms with Crippen molar-refractivity contribution in [1.82, 2.24) is 5.32 Å². The molecule has 1 aliphatic rings. The zero-order chi connectivity index (χ0) is 13.0. The van der Waals surface area contributed by atoms with Crippen LogP contribution in [0, 0.1) is 11.7 Å². The molecule has 18 heavy (non-hydrogen) atoms. The number of hydrogen-bond acceptors (Lipinski definition) is 1. The number of hydrogen-bond donors (Lipinski definition) is 1. The van der Waals surface area contributed by atoms with Gasteiger partial charge in [0.15, 0.2) is 0 Å². The molecule has 2 rings (SSSR count). The Labute approximate surface area is 108 Å². The minimum Gasteiger partial charge on any atom is -0.349 e. The summed E-state index contributed by atoms with van der Waals surface area (Å²) in [5.41, 5.74) is 0.553. The third kappa shape index (κ3) is 3.31. The number of carbonyl (C=O) groups is 1. The van der Waals surface area contributed by atoms with Crippen LogP contribution in [-0.2, 0) is 4.79 Å². The molecule has 2 nitrogen and oxygen atoms in total. The molecule has 0 unspecified atom stereocenters. The average molecular weight is 249 g/mol. The Bertz CT molecular complexity index is 413. The molecule has 1 saturated carbocycles. The maximum atomic E-state index is 13.5. The van der Waals surface area contributed by atoms with E-state index in [1.165, 1.54) is 18.9 Å². The molecule has 0 heterocycles. The third-order valence-corrected chi connectivity index (χ3v) is 3.70. The van der Waals surface area contributed by atoms with E-state index in [0.717, 1.165) is 12.8 Å². The molecule has 1 aromatic rings. The lowest BCUT2D eigenvalue weighted by Gasteiger charge is -2.16. The van der Waals surface area contributed by atoms with Gasteiger partial charge in [-0.2, -0.15) is 0 Å². The Hall–Kier alpha value is -1.38. The first-order valence-electron chi connectivity index (χ1n) is 6.70. The van der Waals surface area contributed by atoms with E-state index in [0.29, 0.717) is 17.9 Å². The third-order valence-electron chi connectivity index (χ3n) is 3.70. The van der Waals surface area contributed by atoms with Gasteiger partial charge in [0.2, 0.25) is 5.91 Å². The topological polar surface area (TPSA) is 29.1 Å². The van der Waals surface area contributed by atoms with E-state index >= 15 is 0 Å². The Balaban J connectivity index is 1.88. The van der Waals surface area contributed by atoms with E-state index in [9.17, 15) is 9.18 Å². The Morgan fingerprint density at radius 1 is 1.39 bits per heavy atom.